The number of ether oxygens (including phenoxy) is 1. The van der Waals surface area contributed by atoms with Crippen molar-refractivity contribution >= 4 is 24.6 Å². The molecule has 0 saturated carbocycles. The molecule has 1 aromatic rings. The average Bonchev–Trinajstić information content (AvgIpc) is 2.56. The Labute approximate surface area is 98.2 Å². The van der Waals surface area contributed by atoms with Gasteiger partial charge in [-0.15, -0.1) is 0 Å². The predicted molar refractivity (Wildman–Crippen MR) is 61.5 cm³/mol. The van der Waals surface area contributed by atoms with Crippen molar-refractivity contribution in [1.82, 2.24) is 0 Å². The first-order chi connectivity index (χ1) is 7.74. The minimum absolute atomic E-state index is 0.277. The lowest BCUT2D eigenvalue weighted by Crippen LogP contribution is -1.98. The van der Waals surface area contributed by atoms with Gasteiger partial charge in [0.15, 0.2) is 0 Å². The number of rotatable bonds is 1. The number of benzene rings is 1. The lowest BCUT2D eigenvalue weighted by atomic mass is 10.0. The third-order valence-corrected chi connectivity index (χ3v) is 2.36. The van der Waals surface area contributed by atoms with Crippen LogP contribution in [0.25, 0.3) is 0 Å². The van der Waals surface area contributed by atoms with Crippen molar-refractivity contribution in [2.75, 3.05) is 5.75 Å². The highest BCUT2D eigenvalue weighted by Gasteiger charge is 2.31. The fourth-order valence-electron chi connectivity index (χ4n) is 1.45. The van der Waals surface area contributed by atoms with Crippen LogP contribution in [0, 0.1) is 11.8 Å². The Morgan fingerprint density at radius 3 is 2.81 bits per heavy atom. The Morgan fingerprint density at radius 1 is 1.25 bits per heavy atom. The van der Waals surface area contributed by atoms with Gasteiger partial charge in [-0.3, -0.25) is 0 Å². The number of thiol groups is 1. The lowest BCUT2D eigenvalue weighted by molar-refractivity contribution is 0.0444. The Morgan fingerprint density at radius 2 is 2.06 bits per heavy atom. The zero-order valence-electron chi connectivity index (χ0n) is 8.32. The first kappa shape index (κ1) is 10.8. The molecular weight excluding hydrogens is 224 g/mol. The molecular formula is C12H8O3S. The van der Waals surface area contributed by atoms with Gasteiger partial charge in [0.2, 0.25) is 0 Å². The topological polar surface area (TPSA) is 43.4 Å². The van der Waals surface area contributed by atoms with Crippen molar-refractivity contribution in [2.24, 2.45) is 0 Å². The number of hydrogen-bond acceptors (Lipinski definition) is 4. The largest absolute Gasteiger partial charge is 0.386 e. The van der Waals surface area contributed by atoms with Crippen molar-refractivity contribution in [3.63, 3.8) is 0 Å². The van der Waals surface area contributed by atoms with E-state index < -0.39 is 11.9 Å². The number of carbonyl (C=O) groups excluding carboxylic acids is 2. The van der Waals surface area contributed by atoms with Crippen molar-refractivity contribution in [3.8, 4) is 11.8 Å². The second-order valence-corrected chi connectivity index (χ2v) is 3.63. The molecule has 0 fully saturated rings. The molecule has 1 aliphatic heterocycles. The molecule has 0 spiro atoms. The van der Waals surface area contributed by atoms with Crippen LogP contribution in [0.3, 0.4) is 0 Å². The van der Waals surface area contributed by atoms with Crippen molar-refractivity contribution < 1.29 is 14.3 Å². The van der Waals surface area contributed by atoms with E-state index in [0.717, 1.165) is 0 Å². The van der Waals surface area contributed by atoms with Crippen molar-refractivity contribution in [3.05, 3.63) is 34.9 Å². The van der Waals surface area contributed by atoms with Gasteiger partial charge in [0.1, 0.15) is 0 Å². The molecule has 0 amide bonds. The van der Waals surface area contributed by atoms with Gasteiger partial charge in [-0.25, -0.2) is 9.59 Å². The number of hydrogen-bond donors (Lipinski definition) is 1. The van der Waals surface area contributed by atoms with Crippen LogP contribution in [0.2, 0.25) is 0 Å². The maximum absolute atomic E-state index is 11.4. The Bertz CT molecular complexity index is 523. The second kappa shape index (κ2) is 4.42. The van der Waals surface area contributed by atoms with E-state index in [9.17, 15) is 9.59 Å². The van der Waals surface area contributed by atoms with Crippen LogP contribution in [-0.2, 0) is 4.74 Å². The summed E-state index contributed by atoms with van der Waals surface area (Å²) < 4.78 is 4.52. The number of cyclic esters (lactones) is 2. The summed E-state index contributed by atoms with van der Waals surface area (Å²) in [5.74, 6) is 5.16. The molecule has 16 heavy (non-hydrogen) atoms. The molecule has 0 saturated heterocycles. The fourth-order valence-corrected chi connectivity index (χ4v) is 1.56. The Balaban J connectivity index is 2.47. The SMILES string of the molecule is O=C1OC(=O)c2c(C#CCCS)cccc21. The van der Waals surface area contributed by atoms with Gasteiger partial charge in [-0.2, -0.15) is 12.6 Å². The average molecular weight is 232 g/mol. The molecule has 1 heterocycles. The molecule has 0 radical (unpaired) electrons. The number of carbonyl (C=O) groups is 2. The molecule has 0 N–H and O–H groups in total. The fraction of sp³-hybridized carbons (Fsp3) is 0.167. The summed E-state index contributed by atoms with van der Waals surface area (Å²) in [6, 6.07) is 4.94. The van der Waals surface area contributed by atoms with E-state index in [2.05, 4.69) is 29.2 Å². The minimum Gasteiger partial charge on any atom is -0.386 e. The van der Waals surface area contributed by atoms with E-state index >= 15 is 0 Å². The maximum Gasteiger partial charge on any atom is 0.348 e. The normalized spacial score (nSPS) is 12.8. The molecule has 80 valence electrons. The molecule has 0 aromatic heterocycles. The molecule has 4 heteroatoms. The van der Waals surface area contributed by atoms with Crippen LogP contribution in [-0.4, -0.2) is 17.7 Å². The molecule has 0 atom stereocenters. The third kappa shape index (κ3) is 1.82. The van der Waals surface area contributed by atoms with Gasteiger partial charge in [-0.1, -0.05) is 17.9 Å². The zero-order chi connectivity index (χ0) is 11.5. The highest BCUT2D eigenvalue weighted by atomic mass is 32.1. The highest BCUT2D eigenvalue weighted by molar-refractivity contribution is 7.80. The summed E-state index contributed by atoms with van der Waals surface area (Å²) >= 11 is 4.03. The number of esters is 2. The van der Waals surface area contributed by atoms with E-state index in [1.807, 2.05) is 0 Å². The van der Waals surface area contributed by atoms with Gasteiger partial charge < -0.3 is 4.74 Å². The third-order valence-electron chi connectivity index (χ3n) is 2.13. The zero-order valence-corrected chi connectivity index (χ0v) is 9.21. The van der Waals surface area contributed by atoms with Gasteiger partial charge in [0.05, 0.1) is 11.1 Å². The molecule has 0 unspecified atom stereocenters. The minimum atomic E-state index is -0.615. The lowest BCUT2D eigenvalue weighted by Gasteiger charge is -1.95. The summed E-state index contributed by atoms with van der Waals surface area (Å²) in [5, 5.41) is 0. The summed E-state index contributed by atoms with van der Waals surface area (Å²) in [6.45, 7) is 0. The van der Waals surface area contributed by atoms with Crippen molar-refractivity contribution in [2.45, 2.75) is 6.42 Å². The molecule has 1 aromatic carbocycles. The molecule has 3 nitrogen and oxygen atoms in total. The van der Waals surface area contributed by atoms with E-state index in [1.165, 1.54) is 0 Å². The van der Waals surface area contributed by atoms with Crippen LogP contribution in [0.15, 0.2) is 18.2 Å². The summed E-state index contributed by atoms with van der Waals surface area (Å²) in [5.41, 5.74) is 1.11. The van der Waals surface area contributed by atoms with Gasteiger partial charge >= 0.3 is 11.9 Å². The van der Waals surface area contributed by atoms with E-state index in [-0.39, 0.29) is 5.56 Å². The molecule has 0 aliphatic carbocycles. The monoisotopic (exact) mass is 232 g/mol. The maximum atomic E-state index is 11.4. The van der Waals surface area contributed by atoms with Crippen LogP contribution in [0.4, 0.5) is 0 Å². The predicted octanol–water partition coefficient (Wildman–Crippen LogP) is 1.67. The number of fused-ring (bicyclic) bond motifs is 1. The van der Waals surface area contributed by atoms with Crippen LogP contribution in [0.1, 0.15) is 32.7 Å². The molecule has 1 aliphatic rings. The second-order valence-electron chi connectivity index (χ2n) is 3.18. The standard InChI is InChI=1S/C12H8O3S/c13-11-9-6-3-5-8(4-1-2-7-16)10(9)12(14)15-11/h3,5-6,16H,2,7H2. The highest BCUT2D eigenvalue weighted by Crippen LogP contribution is 2.22. The van der Waals surface area contributed by atoms with Gasteiger partial charge in [0.25, 0.3) is 0 Å². The Kier molecular flexibility index (Phi) is 2.97. The van der Waals surface area contributed by atoms with Crippen molar-refractivity contribution in [1.29, 1.82) is 0 Å². The van der Waals surface area contributed by atoms with Crippen LogP contribution in [0.5, 0.6) is 0 Å². The molecule has 2 rings (SSSR count). The van der Waals surface area contributed by atoms with E-state index in [1.54, 1.807) is 18.2 Å². The van der Waals surface area contributed by atoms with Crippen LogP contribution >= 0.6 is 12.6 Å². The summed E-state index contributed by atoms with van der Waals surface area (Å²) in [6.07, 6.45) is 0.635. The summed E-state index contributed by atoms with van der Waals surface area (Å²) in [7, 11) is 0. The van der Waals surface area contributed by atoms with E-state index in [4.69, 9.17) is 0 Å². The van der Waals surface area contributed by atoms with Gasteiger partial charge in [0, 0.05) is 17.7 Å². The first-order valence-electron chi connectivity index (χ1n) is 4.73. The Hall–Kier alpha value is -1.73. The summed E-state index contributed by atoms with van der Waals surface area (Å²) in [4.78, 5) is 22.7. The van der Waals surface area contributed by atoms with E-state index in [0.29, 0.717) is 23.3 Å². The molecule has 0 bridgehead atoms. The van der Waals surface area contributed by atoms with Crippen LogP contribution < -0.4 is 0 Å². The first-order valence-corrected chi connectivity index (χ1v) is 5.36. The smallest absolute Gasteiger partial charge is 0.348 e. The quantitative estimate of drug-likeness (QED) is 0.346. The van der Waals surface area contributed by atoms with Gasteiger partial charge in [-0.05, 0) is 12.1 Å².